The molecule has 4 nitrogen and oxygen atoms in total. The molecule has 1 aromatic carbocycles. The van der Waals surface area contributed by atoms with Crippen LogP contribution in [0, 0.1) is 12.4 Å². The molecule has 0 spiro atoms. The molecule has 0 saturated carbocycles. The standard InChI is InChI=1S/C14H10F4N2O2/c1-8-6-20(13(21)14(16,17)18)7-12(8)22-9-3-4-11(19-2)10(15)5-9/h3-5,12H,1,6-7H2/t12-/m0/s1. The van der Waals surface area contributed by atoms with E-state index in [1.807, 2.05) is 0 Å². The molecule has 0 aromatic heterocycles. The lowest BCUT2D eigenvalue weighted by molar-refractivity contribution is -0.184. The Kier molecular flexibility index (Phi) is 4.08. The van der Waals surface area contributed by atoms with Crippen LogP contribution in [0.15, 0.2) is 30.4 Å². The van der Waals surface area contributed by atoms with Gasteiger partial charge in [0, 0.05) is 12.6 Å². The maximum absolute atomic E-state index is 13.5. The van der Waals surface area contributed by atoms with E-state index in [1.165, 1.54) is 12.1 Å². The number of likely N-dealkylation sites (tertiary alicyclic amines) is 1. The molecule has 1 aliphatic rings. The highest BCUT2D eigenvalue weighted by Crippen LogP contribution is 2.28. The molecule has 116 valence electrons. The van der Waals surface area contributed by atoms with Gasteiger partial charge in [-0.05, 0) is 17.7 Å². The molecule has 1 fully saturated rings. The van der Waals surface area contributed by atoms with Gasteiger partial charge in [0.05, 0.1) is 13.1 Å². The summed E-state index contributed by atoms with van der Waals surface area (Å²) < 4.78 is 55.9. The van der Waals surface area contributed by atoms with Crippen LogP contribution < -0.4 is 4.74 Å². The second-order valence-corrected chi connectivity index (χ2v) is 4.67. The summed E-state index contributed by atoms with van der Waals surface area (Å²) in [4.78, 5) is 14.7. The number of carbonyl (C=O) groups is 1. The van der Waals surface area contributed by atoms with Crippen molar-refractivity contribution in [3.8, 4) is 5.75 Å². The van der Waals surface area contributed by atoms with Crippen LogP contribution in [0.25, 0.3) is 4.85 Å². The van der Waals surface area contributed by atoms with E-state index in [1.54, 1.807) is 0 Å². The van der Waals surface area contributed by atoms with Crippen molar-refractivity contribution in [3.63, 3.8) is 0 Å². The minimum Gasteiger partial charge on any atom is -0.484 e. The van der Waals surface area contributed by atoms with E-state index in [0.717, 1.165) is 6.07 Å². The molecule has 0 radical (unpaired) electrons. The van der Waals surface area contributed by atoms with E-state index in [2.05, 4.69) is 11.4 Å². The average Bonchev–Trinajstić information content (AvgIpc) is 2.78. The second-order valence-electron chi connectivity index (χ2n) is 4.67. The van der Waals surface area contributed by atoms with Crippen LogP contribution in [0.5, 0.6) is 5.75 Å². The third-order valence-corrected chi connectivity index (χ3v) is 3.08. The van der Waals surface area contributed by atoms with Gasteiger partial charge in [-0.1, -0.05) is 6.58 Å². The van der Waals surface area contributed by atoms with Gasteiger partial charge in [0.1, 0.15) is 17.7 Å². The van der Waals surface area contributed by atoms with Crippen molar-refractivity contribution in [2.75, 3.05) is 13.1 Å². The number of ether oxygens (including phenoxy) is 1. The summed E-state index contributed by atoms with van der Waals surface area (Å²) in [5.74, 6) is -2.70. The Bertz CT molecular complexity index is 664. The number of alkyl halides is 3. The number of amides is 1. The average molecular weight is 314 g/mol. The number of hydrogen-bond donors (Lipinski definition) is 0. The summed E-state index contributed by atoms with van der Waals surface area (Å²) in [7, 11) is 0. The molecule has 1 saturated heterocycles. The summed E-state index contributed by atoms with van der Waals surface area (Å²) in [6.45, 7) is 9.71. The molecule has 2 rings (SSSR count). The Morgan fingerprint density at radius 1 is 1.45 bits per heavy atom. The van der Waals surface area contributed by atoms with Crippen LogP contribution in [0.2, 0.25) is 0 Å². The van der Waals surface area contributed by atoms with Gasteiger partial charge in [-0.25, -0.2) is 9.24 Å². The van der Waals surface area contributed by atoms with Crippen molar-refractivity contribution in [1.29, 1.82) is 0 Å². The van der Waals surface area contributed by atoms with Crippen molar-refractivity contribution in [1.82, 2.24) is 4.90 Å². The lowest BCUT2D eigenvalue weighted by atomic mass is 10.2. The lowest BCUT2D eigenvalue weighted by Gasteiger charge is -2.18. The molecule has 1 heterocycles. The number of hydrogen-bond acceptors (Lipinski definition) is 2. The highest BCUT2D eigenvalue weighted by atomic mass is 19.4. The van der Waals surface area contributed by atoms with Gasteiger partial charge >= 0.3 is 12.1 Å². The number of halogens is 4. The Labute approximate surface area is 123 Å². The molecule has 1 aromatic rings. The predicted octanol–water partition coefficient (Wildman–Crippen LogP) is 3.08. The smallest absolute Gasteiger partial charge is 0.471 e. The van der Waals surface area contributed by atoms with E-state index in [0.29, 0.717) is 4.90 Å². The van der Waals surface area contributed by atoms with Gasteiger partial charge < -0.3 is 9.64 Å². The van der Waals surface area contributed by atoms with Crippen molar-refractivity contribution in [3.05, 3.63) is 47.6 Å². The number of nitrogens with zero attached hydrogens (tertiary/aromatic N) is 2. The molecule has 0 aliphatic carbocycles. The summed E-state index contributed by atoms with van der Waals surface area (Å²) >= 11 is 0. The minimum atomic E-state index is -4.96. The zero-order valence-electron chi connectivity index (χ0n) is 11.2. The minimum absolute atomic E-state index is 0.0531. The summed E-state index contributed by atoms with van der Waals surface area (Å²) in [6, 6.07) is 3.50. The van der Waals surface area contributed by atoms with Crippen LogP contribution in [0.4, 0.5) is 23.2 Å². The normalized spacial score (nSPS) is 18.2. The topological polar surface area (TPSA) is 33.9 Å². The zero-order chi connectivity index (χ0) is 16.5. The van der Waals surface area contributed by atoms with Gasteiger partial charge in [0.15, 0.2) is 0 Å². The van der Waals surface area contributed by atoms with Gasteiger partial charge in [-0.15, -0.1) is 0 Å². The second kappa shape index (κ2) is 5.67. The molecule has 0 N–H and O–H groups in total. The van der Waals surface area contributed by atoms with Crippen LogP contribution in [-0.4, -0.2) is 36.2 Å². The fraction of sp³-hybridized carbons (Fsp3) is 0.286. The van der Waals surface area contributed by atoms with E-state index in [4.69, 9.17) is 11.3 Å². The largest absolute Gasteiger partial charge is 0.484 e. The fourth-order valence-electron chi connectivity index (χ4n) is 2.01. The fourth-order valence-corrected chi connectivity index (χ4v) is 2.01. The first-order valence-corrected chi connectivity index (χ1v) is 6.10. The zero-order valence-corrected chi connectivity index (χ0v) is 11.2. The Balaban J connectivity index is 2.09. The van der Waals surface area contributed by atoms with Crippen molar-refractivity contribution in [2.24, 2.45) is 0 Å². The molecule has 1 amide bonds. The first kappa shape index (κ1) is 15.8. The van der Waals surface area contributed by atoms with Gasteiger partial charge in [-0.2, -0.15) is 13.2 Å². The van der Waals surface area contributed by atoms with Gasteiger partial charge in [0.2, 0.25) is 5.69 Å². The monoisotopic (exact) mass is 314 g/mol. The van der Waals surface area contributed by atoms with Crippen molar-refractivity contribution in [2.45, 2.75) is 12.3 Å². The van der Waals surface area contributed by atoms with E-state index < -0.39 is 24.0 Å². The van der Waals surface area contributed by atoms with Gasteiger partial charge in [0.25, 0.3) is 0 Å². The maximum Gasteiger partial charge on any atom is 0.471 e. The quantitative estimate of drug-likeness (QED) is 0.477. The summed E-state index contributed by atoms with van der Waals surface area (Å²) in [6.07, 6.45) is -5.82. The molecular formula is C14H10F4N2O2. The maximum atomic E-state index is 13.5. The van der Waals surface area contributed by atoms with Crippen LogP contribution in [0.1, 0.15) is 0 Å². The van der Waals surface area contributed by atoms with Gasteiger partial charge in [-0.3, -0.25) is 4.79 Å². The molecule has 1 atom stereocenters. The molecular weight excluding hydrogens is 304 g/mol. The first-order chi connectivity index (χ1) is 10.2. The lowest BCUT2D eigenvalue weighted by Crippen LogP contribution is -2.40. The predicted molar refractivity (Wildman–Crippen MR) is 68.9 cm³/mol. The third kappa shape index (κ3) is 3.19. The molecule has 0 bridgehead atoms. The molecule has 0 unspecified atom stereocenters. The van der Waals surface area contributed by atoms with E-state index in [9.17, 15) is 22.4 Å². The third-order valence-electron chi connectivity index (χ3n) is 3.08. The SMILES string of the molecule is [C-]#[N+]c1ccc(O[C@H]2CN(C(=O)C(F)(F)F)CC2=C)cc1F. The van der Waals surface area contributed by atoms with Crippen LogP contribution in [-0.2, 0) is 4.79 Å². The Morgan fingerprint density at radius 2 is 2.14 bits per heavy atom. The highest BCUT2D eigenvalue weighted by molar-refractivity contribution is 5.82. The van der Waals surface area contributed by atoms with Crippen molar-refractivity contribution < 1.29 is 27.1 Å². The Morgan fingerprint density at radius 3 is 2.68 bits per heavy atom. The first-order valence-electron chi connectivity index (χ1n) is 6.10. The molecule has 22 heavy (non-hydrogen) atoms. The van der Waals surface area contributed by atoms with Crippen LogP contribution >= 0.6 is 0 Å². The summed E-state index contributed by atoms with van der Waals surface area (Å²) in [5, 5.41) is 0. The van der Waals surface area contributed by atoms with E-state index >= 15 is 0 Å². The van der Waals surface area contributed by atoms with Crippen LogP contribution in [0.3, 0.4) is 0 Å². The Hall–Kier alpha value is -2.56. The molecule has 1 aliphatic heterocycles. The highest BCUT2D eigenvalue weighted by Gasteiger charge is 2.45. The van der Waals surface area contributed by atoms with Crippen molar-refractivity contribution >= 4 is 11.6 Å². The molecule has 8 heteroatoms. The summed E-state index contributed by atoms with van der Waals surface area (Å²) in [5.41, 5.74) is 0.0961. The number of rotatable bonds is 2. The number of benzene rings is 1. The number of carbonyl (C=O) groups excluding carboxylic acids is 1. The van der Waals surface area contributed by atoms with E-state index in [-0.39, 0.29) is 30.1 Å².